The maximum absolute atomic E-state index is 11.4. The molecule has 0 aromatic carbocycles. The van der Waals surface area contributed by atoms with E-state index in [0.717, 1.165) is 0 Å². The molecular weight excluding hydrogens is 212 g/mol. The number of nitrogens with one attached hydrogen (secondary N) is 2. The minimum atomic E-state index is -1.04. The minimum Gasteiger partial charge on any atom is -0.480 e. The summed E-state index contributed by atoms with van der Waals surface area (Å²) in [6.07, 6.45) is 0. The number of methoxy groups -OCH3 is 1. The normalized spacial score (nSPS) is 13.2. The molecule has 0 spiro atoms. The van der Waals surface area contributed by atoms with E-state index in [1.807, 2.05) is 20.8 Å². The van der Waals surface area contributed by atoms with Crippen molar-refractivity contribution < 1.29 is 19.4 Å². The number of ether oxygens (including phenoxy) is 1. The monoisotopic (exact) mass is 232 g/mol. The summed E-state index contributed by atoms with van der Waals surface area (Å²) in [6, 6.07) is -0.865. The van der Waals surface area contributed by atoms with Crippen LogP contribution in [-0.2, 0) is 14.3 Å². The standard InChI is InChI=1S/C10H20N2O4/c1-10(2,3)12-8(13)5-11-7(6-16-4)9(14)15/h7,11H,5-6H2,1-4H3,(H,12,13)(H,14,15). The lowest BCUT2D eigenvalue weighted by atomic mass is 10.1. The zero-order chi connectivity index (χ0) is 12.8. The first-order valence-corrected chi connectivity index (χ1v) is 5.02. The van der Waals surface area contributed by atoms with Gasteiger partial charge in [-0.15, -0.1) is 0 Å². The van der Waals surface area contributed by atoms with Crippen molar-refractivity contribution in [1.82, 2.24) is 10.6 Å². The molecule has 1 amide bonds. The van der Waals surface area contributed by atoms with Crippen LogP contribution in [0.25, 0.3) is 0 Å². The Morgan fingerprint density at radius 1 is 1.38 bits per heavy atom. The van der Waals surface area contributed by atoms with Gasteiger partial charge in [0.15, 0.2) is 0 Å². The number of carboxylic acid groups (broad SMARTS) is 1. The van der Waals surface area contributed by atoms with E-state index in [1.165, 1.54) is 7.11 Å². The molecule has 0 fully saturated rings. The molecule has 3 N–H and O–H groups in total. The molecule has 6 nitrogen and oxygen atoms in total. The summed E-state index contributed by atoms with van der Waals surface area (Å²) in [5, 5.41) is 14.1. The largest absolute Gasteiger partial charge is 0.480 e. The van der Waals surface area contributed by atoms with Crippen LogP contribution in [0, 0.1) is 0 Å². The first-order valence-electron chi connectivity index (χ1n) is 5.02. The number of amides is 1. The lowest BCUT2D eigenvalue weighted by Crippen LogP contribution is -2.49. The van der Waals surface area contributed by atoms with Crippen LogP contribution >= 0.6 is 0 Å². The molecule has 1 unspecified atom stereocenters. The van der Waals surface area contributed by atoms with Crippen LogP contribution in [0.2, 0.25) is 0 Å². The minimum absolute atomic E-state index is 0.0259. The van der Waals surface area contributed by atoms with E-state index in [0.29, 0.717) is 0 Å². The Morgan fingerprint density at radius 2 is 1.94 bits per heavy atom. The summed E-state index contributed by atoms with van der Waals surface area (Å²) < 4.78 is 4.72. The summed E-state index contributed by atoms with van der Waals surface area (Å²) in [5.74, 6) is -1.28. The summed E-state index contributed by atoms with van der Waals surface area (Å²) in [6.45, 7) is 5.55. The first kappa shape index (κ1) is 14.9. The van der Waals surface area contributed by atoms with Gasteiger partial charge in [-0.05, 0) is 20.8 Å². The smallest absolute Gasteiger partial charge is 0.323 e. The Kier molecular flexibility index (Phi) is 5.98. The summed E-state index contributed by atoms with van der Waals surface area (Å²) >= 11 is 0. The van der Waals surface area contributed by atoms with Gasteiger partial charge in [-0.2, -0.15) is 0 Å². The van der Waals surface area contributed by atoms with Crippen LogP contribution in [0.15, 0.2) is 0 Å². The number of carboxylic acids is 1. The zero-order valence-electron chi connectivity index (χ0n) is 10.2. The van der Waals surface area contributed by atoms with Crippen molar-refractivity contribution in [1.29, 1.82) is 0 Å². The van der Waals surface area contributed by atoms with Gasteiger partial charge < -0.3 is 15.2 Å². The van der Waals surface area contributed by atoms with Gasteiger partial charge in [-0.1, -0.05) is 0 Å². The van der Waals surface area contributed by atoms with Gasteiger partial charge in [-0.3, -0.25) is 14.9 Å². The maximum atomic E-state index is 11.4. The summed E-state index contributed by atoms with van der Waals surface area (Å²) in [4.78, 5) is 22.1. The average molecular weight is 232 g/mol. The van der Waals surface area contributed by atoms with Crippen molar-refractivity contribution in [2.75, 3.05) is 20.3 Å². The number of carbonyl (C=O) groups excluding carboxylic acids is 1. The number of aliphatic carboxylic acids is 1. The van der Waals surface area contributed by atoms with Gasteiger partial charge in [-0.25, -0.2) is 0 Å². The van der Waals surface area contributed by atoms with Gasteiger partial charge in [0.2, 0.25) is 5.91 Å². The van der Waals surface area contributed by atoms with Gasteiger partial charge in [0, 0.05) is 12.6 Å². The Bertz CT molecular complexity index is 248. The Balaban J connectivity index is 4.01. The van der Waals surface area contributed by atoms with Crippen molar-refractivity contribution in [2.45, 2.75) is 32.4 Å². The highest BCUT2D eigenvalue weighted by Gasteiger charge is 2.19. The molecule has 0 saturated heterocycles. The lowest BCUT2D eigenvalue weighted by Gasteiger charge is -2.21. The molecule has 0 radical (unpaired) electrons. The predicted molar refractivity (Wildman–Crippen MR) is 59.2 cm³/mol. The molecule has 0 rings (SSSR count). The van der Waals surface area contributed by atoms with Crippen LogP contribution in [0.1, 0.15) is 20.8 Å². The first-order chi connectivity index (χ1) is 7.26. The van der Waals surface area contributed by atoms with Crippen molar-refractivity contribution in [3.05, 3.63) is 0 Å². The van der Waals surface area contributed by atoms with E-state index in [9.17, 15) is 9.59 Å². The van der Waals surface area contributed by atoms with Crippen LogP contribution < -0.4 is 10.6 Å². The van der Waals surface area contributed by atoms with Gasteiger partial charge in [0.1, 0.15) is 6.04 Å². The van der Waals surface area contributed by atoms with E-state index in [-0.39, 0.29) is 24.6 Å². The van der Waals surface area contributed by atoms with E-state index in [4.69, 9.17) is 9.84 Å². The van der Waals surface area contributed by atoms with Crippen LogP contribution in [0.5, 0.6) is 0 Å². The molecule has 0 aromatic heterocycles. The van der Waals surface area contributed by atoms with E-state index in [1.54, 1.807) is 0 Å². The summed E-state index contributed by atoms with van der Waals surface area (Å²) in [7, 11) is 1.41. The second-order valence-electron chi connectivity index (χ2n) is 4.53. The van der Waals surface area contributed by atoms with Gasteiger partial charge in [0.25, 0.3) is 0 Å². The van der Waals surface area contributed by atoms with Crippen molar-refractivity contribution in [2.24, 2.45) is 0 Å². The zero-order valence-corrected chi connectivity index (χ0v) is 10.2. The second kappa shape index (κ2) is 6.44. The fourth-order valence-corrected chi connectivity index (χ4v) is 1.06. The fraction of sp³-hybridized carbons (Fsp3) is 0.800. The molecule has 0 aliphatic carbocycles. The van der Waals surface area contributed by atoms with Crippen molar-refractivity contribution in [3.63, 3.8) is 0 Å². The van der Waals surface area contributed by atoms with E-state index in [2.05, 4.69) is 10.6 Å². The van der Waals surface area contributed by atoms with Crippen LogP contribution in [-0.4, -0.2) is 48.8 Å². The molecule has 0 aliphatic heterocycles. The number of hydrogen-bond acceptors (Lipinski definition) is 4. The van der Waals surface area contributed by atoms with E-state index >= 15 is 0 Å². The molecule has 1 atom stereocenters. The Morgan fingerprint density at radius 3 is 2.31 bits per heavy atom. The molecule has 6 heteroatoms. The van der Waals surface area contributed by atoms with Crippen LogP contribution in [0.4, 0.5) is 0 Å². The lowest BCUT2D eigenvalue weighted by molar-refractivity contribution is -0.140. The number of hydrogen-bond donors (Lipinski definition) is 3. The molecule has 0 aliphatic rings. The molecular formula is C10H20N2O4. The topological polar surface area (TPSA) is 87.7 Å². The molecule has 0 heterocycles. The molecule has 94 valence electrons. The van der Waals surface area contributed by atoms with E-state index < -0.39 is 12.0 Å². The Hall–Kier alpha value is -1.14. The predicted octanol–water partition coefficient (Wildman–Crippen LogP) is -0.410. The second-order valence-corrected chi connectivity index (χ2v) is 4.53. The average Bonchev–Trinajstić information content (AvgIpc) is 2.08. The highest BCUT2D eigenvalue weighted by molar-refractivity contribution is 5.80. The van der Waals surface area contributed by atoms with Crippen LogP contribution in [0.3, 0.4) is 0 Å². The third kappa shape index (κ3) is 7.19. The summed E-state index contributed by atoms with van der Waals surface area (Å²) in [5.41, 5.74) is -0.321. The number of rotatable bonds is 6. The molecule has 16 heavy (non-hydrogen) atoms. The fourth-order valence-electron chi connectivity index (χ4n) is 1.06. The molecule has 0 bridgehead atoms. The highest BCUT2D eigenvalue weighted by atomic mass is 16.5. The SMILES string of the molecule is COCC(NCC(=O)NC(C)(C)C)C(=O)O. The highest BCUT2D eigenvalue weighted by Crippen LogP contribution is 1.97. The molecule has 0 saturated carbocycles. The van der Waals surface area contributed by atoms with Crippen molar-refractivity contribution in [3.8, 4) is 0 Å². The molecule has 0 aromatic rings. The van der Waals surface area contributed by atoms with Crippen molar-refractivity contribution >= 4 is 11.9 Å². The quantitative estimate of drug-likeness (QED) is 0.579. The van der Waals surface area contributed by atoms with Gasteiger partial charge in [0.05, 0.1) is 13.2 Å². The Labute approximate surface area is 95.4 Å². The third-order valence-electron chi connectivity index (χ3n) is 1.65. The van der Waals surface area contributed by atoms with Gasteiger partial charge >= 0.3 is 5.97 Å². The third-order valence-corrected chi connectivity index (χ3v) is 1.65. The number of carbonyl (C=O) groups is 2. The maximum Gasteiger partial charge on any atom is 0.323 e.